The Morgan fingerprint density at radius 2 is 2.00 bits per heavy atom. The number of nitrogens with zero attached hydrogens (tertiary/aromatic N) is 2. The summed E-state index contributed by atoms with van der Waals surface area (Å²) < 4.78 is 0. The van der Waals surface area contributed by atoms with Crippen LogP contribution in [0.3, 0.4) is 0 Å². The lowest BCUT2D eigenvalue weighted by atomic mass is 9.74. The topological polar surface area (TPSA) is 32.7 Å². The molecule has 0 spiro atoms. The van der Waals surface area contributed by atoms with Gasteiger partial charge < -0.3 is 0 Å². The standard InChI is InChI=1S/C14H16N2O/c1-14-10-6-5-9-12(14)15-16(13(14)17)11-7-3-2-4-8-11/h2-4,7-8H,5-6,9-10H2,1H3. The van der Waals surface area contributed by atoms with Crippen molar-refractivity contribution in [3.05, 3.63) is 30.3 Å². The maximum absolute atomic E-state index is 12.5. The van der Waals surface area contributed by atoms with Gasteiger partial charge in [0, 0.05) is 0 Å². The number of anilines is 1. The van der Waals surface area contributed by atoms with Gasteiger partial charge in [0.2, 0.25) is 0 Å². The van der Waals surface area contributed by atoms with Crippen LogP contribution in [0.15, 0.2) is 35.4 Å². The van der Waals surface area contributed by atoms with Gasteiger partial charge in [-0.15, -0.1) is 0 Å². The van der Waals surface area contributed by atoms with E-state index in [2.05, 4.69) is 5.10 Å². The van der Waals surface area contributed by atoms with Crippen molar-refractivity contribution in [1.29, 1.82) is 0 Å². The predicted molar refractivity (Wildman–Crippen MR) is 67.9 cm³/mol. The fourth-order valence-corrected chi connectivity index (χ4v) is 2.73. The number of hydrazone groups is 1. The monoisotopic (exact) mass is 228 g/mol. The first-order chi connectivity index (χ1) is 8.22. The first-order valence-corrected chi connectivity index (χ1v) is 6.19. The van der Waals surface area contributed by atoms with Gasteiger partial charge in [-0.25, -0.2) is 0 Å². The van der Waals surface area contributed by atoms with Crippen molar-refractivity contribution >= 4 is 17.3 Å². The molecule has 1 aromatic rings. The molecule has 1 aromatic carbocycles. The normalized spacial score (nSPS) is 27.9. The van der Waals surface area contributed by atoms with Crippen molar-refractivity contribution in [1.82, 2.24) is 0 Å². The number of benzene rings is 1. The highest BCUT2D eigenvalue weighted by atomic mass is 16.2. The lowest BCUT2D eigenvalue weighted by Gasteiger charge is -2.28. The molecule has 1 fully saturated rings. The molecule has 0 bridgehead atoms. The van der Waals surface area contributed by atoms with E-state index in [1.165, 1.54) is 0 Å². The van der Waals surface area contributed by atoms with E-state index in [1.807, 2.05) is 37.3 Å². The van der Waals surface area contributed by atoms with Gasteiger partial charge in [0.05, 0.1) is 16.8 Å². The van der Waals surface area contributed by atoms with Crippen LogP contribution in [0.2, 0.25) is 0 Å². The van der Waals surface area contributed by atoms with Crippen LogP contribution in [0.4, 0.5) is 5.69 Å². The first kappa shape index (κ1) is 10.5. The zero-order chi connectivity index (χ0) is 11.9. The fraction of sp³-hybridized carbons (Fsp3) is 0.429. The van der Waals surface area contributed by atoms with Crippen LogP contribution in [0.5, 0.6) is 0 Å². The van der Waals surface area contributed by atoms with Crippen LogP contribution in [0, 0.1) is 5.41 Å². The Morgan fingerprint density at radius 1 is 1.24 bits per heavy atom. The fourth-order valence-electron chi connectivity index (χ4n) is 2.73. The Balaban J connectivity index is 2.00. The number of amides is 1. The van der Waals surface area contributed by atoms with Crippen LogP contribution in [0.1, 0.15) is 32.6 Å². The Bertz CT molecular complexity index is 480. The molecular weight excluding hydrogens is 212 g/mol. The number of carbonyl (C=O) groups is 1. The van der Waals surface area contributed by atoms with Crippen molar-refractivity contribution in [2.45, 2.75) is 32.6 Å². The quantitative estimate of drug-likeness (QED) is 0.727. The van der Waals surface area contributed by atoms with E-state index in [1.54, 1.807) is 5.01 Å². The molecule has 17 heavy (non-hydrogen) atoms. The molecule has 1 amide bonds. The lowest BCUT2D eigenvalue weighted by molar-refractivity contribution is -0.123. The summed E-state index contributed by atoms with van der Waals surface area (Å²) in [5.41, 5.74) is 1.60. The SMILES string of the molecule is CC12CCCCC1=NN(c1ccccc1)C2=O. The van der Waals surface area contributed by atoms with E-state index in [9.17, 15) is 4.79 Å². The molecular formula is C14H16N2O. The molecule has 1 saturated carbocycles. The summed E-state index contributed by atoms with van der Waals surface area (Å²) in [4.78, 5) is 12.5. The van der Waals surface area contributed by atoms with Gasteiger partial charge in [0.1, 0.15) is 0 Å². The molecule has 1 unspecified atom stereocenters. The number of hydrogen-bond acceptors (Lipinski definition) is 2. The molecule has 1 heterocycles. The minimum atomic E-state index is -0.339. The molecule has 3 nitrogen and oxygen atoms in total. The molecule has 0 aromatic heterocycles. The van der Waals surface area contributed by atoms with Gasteiger partial charge >= 0.3 is 0 Å². The average Bonchev–Trinajstić information content (AvgIpc) is 2.64. The van der Waals surface area contributed by atoms with Crippen molar-refractivity contribution in [3.8, 4) is 0 Å². The Morgan fingerprint density at radius 3 is 2.71 bits per heavy atom. The van der Waals surface area contributed by atoms with Crippen LogP contribution in [-0.2, 0) is 4.79 Å². The van der Waals surface area contributed by atoms with E-state index in [4.69, 9.17) is 0 Å². The van der Waals surface area contributed by atoms with Gasteiger partial charge in [-0.05, 0) is 38.3 Å². The van der Waals surface area contributed by atoms with E-state index < -0.39 is 0 Å². The third-order valence-electron chi connectivity index (χ3n) is 3.86. The summed E-state index contributed by atoms with van der Waals surface area (Å²) in [5.74, 6) is 0.137. The minimum absolute atomic E-state index is 0.137. The second-order valence-corrected chi connectivity index (χ2v) is 5.04. The first-order valence-electron chi connectivity index (χ1n) is 6.19. The van der Waals surface area contributed by atoms with Crippen molar-refractivity contribution < 1.29 is 4.79 Å². The highest BCUT2D eigenvalue weighted by molar-refractivity contribution is 6.19. The summed E-state index contributed by atoms with van der Waals surface area (Å²) in [6, 6.07) is 9.69. The Hall–Kier alpha value is -1.64. The summed E-state index contributed by atoms with van der Waals surface area (Å²) in [7, 11) is 0. The van der Waals surface area contributed by atoms with E-state index in [-0.39, 0.29) is 11.3 Å². The van der Waals surface area contributed by atoms with Gasteiger partial charge in [-0.1, -0.05) is 24.6 Å². The largest absolute Gasteiger partial charge is 0.271 e. The third kappa shape index (κ3) is 1.49. The van der Waals surface area contributed by atoms with Gasteiger partial charge in [-0.3, -0.25) is 4.79 Å². The van der Waals surface area contributed by atoms with Gasteiger partial charge in [-0.2, -0.15) is 10.1 Å². The molecule has 1 aliphatic heterocycles. The smallest absolute Gasteiger partial charge is 0.259 e. The number of hydrogen-bond donors (Lipinski definition) is 0. The molecule has 0 N–H and O–H groups in total. The number of para-hydroxylation sites is 1. The molecule has 0 saturated heterocycles. The van der Waals surface area contributed by atoms with E-state index >= 15 is 0 Å². The molecule has 3 heteroatoms. The van der Waals surface area contributed by atoms with Crippen LogP contribution in [-0.4, -0.2) is 11.6 Å². The minimum Gasteiger partial charge on any atom is -0.271 e. The summed E-state index contributed by atoms with van der Waals surface area (Å²) in [6.07, 6.45) is 4.19. The third-order valence-corrected chi connectivity index (χ3v) is 3.86. The zero-order valence-corrected chi connectivity index (χ0v) is 10.0. The highest BCUT2D eigenvalue weighted by Gasteiger charge is 2.48. The number of carbonyl (C=O) groups excluding carboxylic acids is 1. The molecule has 88 valence electrons. The molecule has 2 aliphatic rings. The van der Waals surface area contributed by atoms with Crippen LogP contribution in [0.25, 0.3) is 0 Å². The Labute approximate surface area is 101 Å². The van der Waals surface area contributed by atoms with Crippen molar-refractivity contribution in [2.24, 2.45) is 10.5 Å². The molecule has 1 aliphatic carbocycles. The molecule has 0 radical (unpaired) electrons. The summed E-state index contributed by atoms with van der Waals surface area (Å²) in [6.45, 7) is 2.04. The van der Waals surface area contributed by atoms with Crippen LogP contribution < -0.4 is 5.01 Å². The summed E-state index contributed by atoms with van der Waals surface area (Å²) in [5, 5.41) is 6.12. The van der Waals surface area contributed by atoms with E-state index in [0.717, 1.165) is 37.1 Å². The maximum atomic E-state index is 12.5. The zero-order valence-electron chi connectivity index (χ0n) is 10.0. The maximum Gasteiger partial charge on any atom is 0.259 e. The highest BCUT2D eigenvalue weighted by Crippen LogP contribution is 2.41. The van der Waals surface area contributed by atoms with Crippen molar-refractivity contribution in [2.75, 3.05) is 5.01 Å². The molecule has 1 atom stereocenters. The van der Waals surface area contributed by atoms with Crippen molar-refractivity contribution in [3.63, 3.8) is 0 Å². The second-order valence-electron chi connectivity index (χ2n) is 5.04. The Kier molecular flexibility index (Phi) is 2.28. The number of rotatable bonds is 1. The van der Waals surface area contributed by atoms with Gasteiger partial charge in [0.15, 0.2) is 0 Å². The second kappa shape index (κ2) is 3.69. The predicted octanol–water partition coefficient (Wildman–Crippen LogP) is 2.97. The van der Waals surface area contributed by atoms with Gasteiger partial charge in [0.25, 0.3) is 5.91 Å². The van der Waals surface area contributed by atoms with E-state index in [0.29, 0.717) is 0 Å². The number of fused-ring (bicyclic) bond motifs is 1. The van der Waals surface area contributed by atoms with Crippen LogP contribution >= 0.6 is 0 Å². The lowest BCUT2D eigenvalue weighted by Crippen LogP contribution is -2.39. The average molecular weight is 228 g/mol. The summed E-state index contributed by atoms with van der Waals surface area (Å²) >= 11 is 0. The molecule has 3 rings (SSSR count).